The average molecular weight is 245 g/mol. The van der Waals surface area contributed by atoms with Crippen molar-refractivity contribution in [1.29, 1.82) is 0 Å². The monoisotopic (exact) mass is 244 g/mol. The van der Waals surface area contributed by atoms with E-state index >= 15 is 0 Å². The summed E-state index contributed by atoms with van der Waals surface area (Å²) in [6, 6.07) is 1.75. The first-order chi connectivity index (χ1) is 7.27. The van der Waals surface area contributed by atoms with Crippen molar-refractivity contribution in [3.05, 3.63) is 21.3 Å². The Labute approximate surface area is 97.8 Å². The molecule has 1 saturated heterocycles. The molecule has 1 aliphatic rings. The number of rotatable bonds is 3. The van der Waals surface area contributed by atoms with E-state index in [0.717, 1.165) is 26.1 Å². The van der Waals surface area contributed by atoms with Gasteiger partial charge in [-0.15, -0.1) is 11.3 Å². The minimum Gasteiger partial charge on any atom is -0.351 e. The van der Waals surface area contributed by atoms with Crippen molar-refractivity contribution in [2.24, 2.45) is 5.92 Å². The molecule has 1 aromatic heterocycles. The summed E-state index contributed by atoms with van der Waals surface area (Å²) < 4.78 is 0. The van der Waals surface area contributed by atoms with Gasteiger partial charge in [0, 0.05) is 6.54 Å². The standard InChI is InChI=1S/C10H13ClN2OS/c11-8-2-4-15-9(8)10(14)13-6-7-1-3-12-5-7/h2,4,7,12H,1,3,5-6H2,(H,13,14)/t7-/m0/s1. The van der Waals surface area contributed by atoms with E-state index in [1.807, 2.05) is 5.38 Å². The predicted octanol–water partition coefficient (Wildman–Crippen LogP) is 1.74. The second kappa shape index (κ2) is 4.96. The highest BCUT2D eigenvalue weighted by atomic mass is 35.5. The van der Waals surface area contributed by atoms with Gasteiger partial charge in [-0.1, -0.05) is 11.6 Å². The molecule has 1 fully saturated rings. The molecule has 0 spiro atoms. The van der Waals surface area contributed by atoms with Crippen molar-refractivity contribution in [1.82, 2.24) is 10.6 Å². The van der Waals surface area contributed by atoms with E-state index < -0.39 is 0 Å². The first-order valence-corrected chi connectivity index (χ1v) is 6.25. The van der Waals surface area contributed by atoms with Crippen LogP contribution in [0.2, 0.25) is 5.02 Å². The second-order valence-electron chi connectivity index (χ2n) is 3.67. The third kappa shape index (κ3) is 2.71. The Hall–Kier alpha value is -0.580. The maximum absolute atomic E-state index is 11.7. The molecule has 2 heterocycles. The lowest BCUT2D eigenvalue weighted by molar-refractivity contribution is 0.0952. The zero-order chi connectivity index (χ0) is 10.7. The molecule has 0 bridgehead atoms. The van der Waals surface area contributed by atoms with Crippen LogP contribution in [0, 0.1) is 5.92 Å². The highest BCUT2D eigenvalue weighted by Crippen LogP contribution is 2.21. The Balaban J connectivity index is 1.84. The van der Waals surface area contributed by atoms with Crippen molar-refractivity contribution in [2.45, 2.75) is 6.42 Å². The van der Waals surface area contributed by atoms with Crippen LogP contribution in [-0.4, -0.2) is 25.5 Å². The molecule has 2 N–H and O–H groups in total. The molecule has 1 aromatic rings. The predicted molar refractivity (Wildman–Crippen MR) is 62.6 cm³/mol. The van der Waals surface area contributed by atoms with Crippen molar-refractivity contribution in [3.63, 3.8) is 0 Å². The lowest BCUT2D eigenvalue weighted by Crippen LogP contribution is -2.29. The van der Waals surface area contributed by atoms with E-state index in [1.54, 1.807) is 6.07 Å². The van der Waals surface area contributed by atoms with Gasteiger partial charge in [-0.2, -0.15) is 0 Å². The van der Waals surface area contributed by atoms with Crippen molar-refractivity contribution >= 4 is 28.8 Å². The first kappa shape index (κ1) is 10.9. The number of thiophene rings is 1. The fraction of sp³-hybridized carbons (Fsp3) is 0.500. The molecule has 82 valence electrons. The summed E-state index contributed by atoms with van der Waals surface area (Å²) in [6.07, 6.45) is 1.14. The third-order valence-electron chi connectivity index (χ3n) is 2.54. The number of carbonyl (C=O) groups is 1. The fourth-order valence-electron chi connectivity index (χ4n) is 1.66. The van der Waals surface area contributed by atoms with Gasteiger partial charge >= 0.3 is 0 Å². The first-order valence-electron chi connectivity index (χ1n) is 4.99. The molecule has 0 aromatic carbocycles. The van der Waals surface area contributed by atoms with Crippen LogP contribution in [-0.2, 0) is 0 Å². The highest BCUT2D eigenvalue weighted by molar-refractivity contribution is 7.12. The number of halogens is 1. The summed E-state index contributed by atoms with van der Waals surface area (Å²) in [5, 5.41) is 8.55. The molecule has 1 atom stereocenters. The van der Waals surface area contributed by atoms with Gasteiger partial charge in [0.2, 0.25) is 0 Å². The van der Waals surface area contributed by atoms with Gasteiger partial charge in [0.1, 0.15) is 4.88 Å². The molecule has 2 rings (SSSR count). The van der Waals surface area contributed by atoms with E-state index in [2.05, 4.69) is 10.6 Å². The molecule has 3 nitrogen and oxygen atoms in total. The summed E-state index contributed by atoms with van der Waals surface area (Å²) in [5.74, 6) is 0.509. The molecule has 1 aliphatic heterocycles. The van der Waals surface area contributed by atoms with Crippen LogP contribution in [0.3, 0.4) is 0 Å². The summed E-state index contributed by atoms with van der Waals surface area (Å²) in [5.41, 5.74) is 0. The fourth-order valence-corrected chi connectivity index (χ4v) is 2.72. The number of hydrogen-bond acceptors (Lipinski definition) is 3. The molecular formula is C10H13ClN2OS. The second-order valence-corrected chi connectivity index (χ2v) is 4.99. The Morgan fingerprint density at radius 2 is 2.60 bits per heavy atom. The van der Waals surface area contributed by atoms with Crippen molar-refractivity contribution in [3.8, 4) is 0 Å². The lowest BCUT2D eigenvalue weighted by atomic mass is 10.1. The minimum atomic E-state index is -0.0538. The minimum absolute atomic E-state index is 0.0538. The van der Waals surface area contributed by atoms with Crippen LogP contribution in [0.25, 0.3) is 0 Å². The van der Waals surface area contributed by atoms with E-state index in [1.165, 1.54) is 11.3 Å². The van der Waals surface area contributed by atoms with Gasteiger partial charge in [-0.25, -0.2) is 0 Å². The van der Waals surface area contributed by atoms with E-state index in [-0.39, 0.29) is 5.91 Å². The molecule has 1 amide bonds. The Bertz CT molecular complexity index is 347. The van der Waals surface area contributed by atoms with Crippen LogP contribution >= 0.6 is 22.9 Å². The van der Waals surface area contributed by atoms with Crippen molar-refractivity contribution in [2.75, 3.05) is 19.6 Å². The Morgan fingerprint density at radius 3 is 3.20 bits per heavy atom. The SMILES string of the molecule is O=C(NC[C@H]1CCNC1)c1sccc1Cl. The van der Waals surface area contributed by atoms with Gasteiger partial charge < -0.3 is 10.6 Å². The van der Waals surface area contributed by atoms with Crippen LogP contribution in [0.15, 0.2) is 11.4 Å². The molecular weight excluding hydrogens is 232 g/mol. The maximum Gasteiger partial charge on any atom is 0.262 e. The summed E-state index contributed by atoms with van der Waals surface area (Å²) in [6.45, 7) is 2.79. The van der Waals surface area contributed by atoms with Gasteiger partial charge in [0.05, 0.1) is 5.02 Å². The normalized spacial score (nSPS) is 20.5. The topological polar surface area (TPSA) is 41.1 Å². The van der Waals surface area contributed by atoms with Crippen molar-refractivity contribution < 1.29 is 4.79 Å². The highest BCUT2D eigenvalue weighted by Gasteiger charge is 2.17. The molecule has 0 radical (unpaired) electrons. The number of carbonyl (C=O) groups excluding carboxylic acids is 1. The van der Waals surface area contributed by atoms with Gasteiger partial charge in [0.15, 0.2) is 0 Å². The molecule has 0 unspecified atom stereocenters. The molecule has 0 aliphatic carbocycles. The van der Waals surface area contributed by atoms with Crippen LogP contribution < -0.4 is 10.6 Å². The zero-order valence-corrected chi connectivity index (χ0v) is 9.83. The van der Waals surface area contributed by atoms with E-state index in [4.69, 9.17) is 11.6 Å². The lowest BCUT2D eigenvalue weighted by Gasteiger charge is -2.09. The summed E-state index contributed by atoms with van der Waals surface area (Å²) in [7, 11) is 0. The van der Waals surface area contributed by atoms with Crippen LogP contribution in [0.1, 0.15) is 16.1 Å². The molecule has 15 heavy (non-hydrogen) atoms. The van der Waals surface area contributed by atoms with Gasteiger partial charge in [0.25, 0.3) is 5.91 Å². The summed E-state index contributed by atoms with van der Waals surface area (Å²) >= 11 is 7.25. The average Bonchev–Trinajstić information content (AvgIpc) is 2.84. The number of hydrogen-bond donors (Lipinski definition) is 2. The Kier molecular flexibility index (Phi) is 3.61. The Morgan fingerprint density at radius 1 is 1.73 bits per heavy atom. The van der Waals surface area contributed by atoms with Crippen LogP contribution in [0.5, 0.6) is 0 Å². The third-order valence-corrected chi connectivity index (χ3v) is 3.88. The van der Waals surface area contributed by atoms with E-state index in [0.29, 0.717) is 15.8 Å². The number of nitrogens with one attached hydrogen (secondary N) is 2. The quantitative estimate of drug-likeness (QED) is 0.851. The molecule has 0 saturated carbocycles. The maximum atomic E-state index is 11.7. The number of amides is 1. The van der Waals surface area contributed by atoms with Crippen LogP contribution in [0.4, 0.5) is 0 Å². The summed E-state index contributed by atoms with van der Waals surface area (Å²) in [4.78, 5) is 12.3. The van der Waals surface area contributed by atoms with E-state index in [9.17, 15) is 4.79 Å². The molecule has 5 heteroatoms. The zero-order valence-electron chi connectivity index (χ0n) is 8.25. The smallest absolute Gasteiger partial charge is 0.262 e. The van der Waals surface area contributed by atoms with Gasteiger partial charge in [-0.05, 0) is 36.9 Å². The largest absolute Gasteiger partial charge is 0.351 e. The van der Waals surface area contributed by atoms with Gasteiger partial charge in [-0.3, -0.25) is 4.79 Å².